The van der Waals surface area contributed by atoms with Crippen LogP contribution in [0.4, 0.5) is 0 Å². The van der Waals surface area contributed by atoms with Gasteiger partial charge in [0.15, 0.2) is 6.61 Å². The highest BCUT2D eigenvalue weighted by Gasteiger charge is 2.20. The van der Waals surface area contributed by atoms with Gasteiger partial charge in [-0.1, -0.05) is 12.1 Å². The van der Waals surface area contributed by atoms with E-state index in [0.717, 1.165) is 30.9 Å². The van der Waals surface area contributed by atoms with Gasteiger partial charge < -0.3 is 14.4 Å². The van der Waals surface area contributed by atoms with E-state index in [2.05, 4.69) is 0 Å². The standard InChI is InChI=1S/C16H23NO3/c1-12-6-4-7-15(14(12)3)20-11-16(18)17-8-5-9-19-13(2)10-17/h4,6-7,13H,5,8-11H2,1-3H3. The first kappa shape index (κ1) is 14.9. The number of hydrogen-bond acceptors (Lipinski definition) is 3. The van der Waals surface area contributed by atoms with Gasteiger partial charge in [-0.25, -0.2) is 0 Å². The van der Waals surface area contributed by atoms with Crippen molar-refractivity contribution < 1.29 is 14.3 Å². The fourth-order valence-corrected chi connectivity index (χ4v) is 2.33. The van der Waals surface area contributed by atoms with Crippen molar-refractivity contribution in [2.24, 2.45) is 0 Å². The molecule has 110 valence electrons. The Morgan fingerprint density at radius 1 is 1.45 bits per heavy atom. The molecule has 0 spiro atoms. The van der Waals surface area contributed by atoms with Crippen LogP contribution in [-0.2, 0) is 9.53 Å². The van der Waals surface area contributed by atoms with Gasteiger partial charge in [0.1, 0.15) is 5.75 Å². The monoisotopic (exact) mass is 277 g/mol. The van der Waals surface area contributed by atoms with Crippen LogP contribution in [0.1, 0.15) is 24.5 Å². The molecule has 1 aliphatic heterocycles. The van der Waals surface area contributed by atoms with E-state index in [1.165, 1.54) is 5.56 Å². The summed E-state index contributed by atoms with van der Waals surface area (Å²) in [6, 6.07) is 5.89. The second kappa shape index (κ2) is 6.75. The van der Waals surface area contributed by atoms with Gasteiger partial charge in [-0.05, 0) is 44.4 Å². The lowest BCUT2D eigenvalue weighted by Gasteiger charge is -2.22. The maximum atomic E-state index is 12.2. The third kappa shape index (κ3) is 3.73. The first-order valence-electron chi connectivity index (χ1n) is 7.16. The van der Waals surface area contributed by atoms with E-state index in [4.69, 9.17) is 9.47 Å². The van der Waals surface area contributed by atoms with Crippen LogP contribution in [0.25, 0.3) is 0 Å². The molecule has 1 heterocycles. The molecular formula is C16H23NO3. The summed E-state index contributed by atoms with van der Waals surface area (Å²) in [6.07, 6.45) is 0.988. The zero-order chi connectivity index (χ0) is 14.5. The molecule has 1 aliphatic rings. The molecule has 2 rings (SSSR count). The van der Waals surface area contributed by atoms with Gasteiger partial charge in [0, 0.05) is 19.7 Å². The molecule has 20 heavy (non-hydrogen) atoms. The second-order valence-electron chi connectivity index (χ2n) is 5.36. The molecule has 0 radical (unpaired) electrons. The van der Waals surface area contributed by atoms with E-state index in [1.54, 1.807) is 0 Å². The summed E-state index contributed by atoms with van der Waals surface area (Å²) in [7, 11) is 0. The quantitative estimate of drug-likeness (QED) is 0.851. The number of hydrogen-bond donors (Lipinski definition) is 0. The maximum Gasteiger partial charge on any atom is 0.260 e. The number of carbonyl (C=O) groups is 1. The number of nitrogens with zero attached hydrogens (tertiary/aromatic N) is 1. The van der Waals surface area contributed by atoms with Crippen LogP contribution in [0.15, 0.2) is 18.2 Å². The fourth-order valence-electron chi connectivity index (χ4n) is 2.33. The number of ether oxygens (including phenoxy) is 2. The highest BCUT2D eigenvalue weighted by atomic mass is 16.5. The van der Waals surface area contributed by atoms with Crippen molar-refractivity contribution in [1.29, 1.82) is 0 Å². The molecule has 0 bridgehead atoms. The highest BCUT2D eigenvalue weighted by molar-refractivity contribution is 5.77. The maximum absolute atomic E-state index is 12.2. The molecule has 1 atom stereocenters. The zero-order valence-corrected chi connectivity index (χ0v) is 12.5. The molecule has 0 saturated carbocycles. The van der Waals surface area contributed by atoms with Crippen molar-refractivity contribution >= 4 is 5.91 Å². The van der Waals surface area contributed by atoms with Crippen LogP contribution in [0.3, 0.4) is 0 Å². The lowest BCUT2D eigenvalue weighted by molar-refractivity contribution is -0.134. The summed E-state index contributed by atoms with van der Waals surface area (Å²) in [5.74, 6) is 0.820. The molecule has 0 aromatic heterocycles. The number of benzene rings is 1. The van der Waals surface area contributed by atoms with E-state index in [9.17, 15) is 4.79 Å². The van der Waals surface area contributed by atoms with Crippen molar-refractivity contribution in [1.82, 2.24) is 4.90 Å². The van der Waals surface area contributed by atoms with E-state index >= 15 is 0 Å². The Kier molecular flexibility index (Phi) is 5.01. The lowest BCUT2D eigenvalue weighted by atomic mass is 10.1. The van der Waals surface area contributed by atoms with Crippen LogP contribution in [-0.4, -0.2) is 43.2 Å². The number of aryl methyl sites for hydroxylation is 1. The van der Waals surface area contributed by atoms with Crippen LogP contribution in [0.2, 0.25) is 0 Å². The van der Waals surface area contributed by atoms with Crippen molar-refractivity contribution in [2.75, 3.05) is 26.3 Å². The molecule has 1 saturated heterocycles. The Balaban J connectivity index is 1.92. The van der Waals surface area contributed by atoms with Gasteiger partial charge in [0.25, 0.3) is 5.91 Å². The third-order valence-electron chi connectivity index (χ3n) is 3.71. The Bertz CT molecular complexity index is 473. The first-order chi connectivity index (χ1) is 9.58. The van der Waals surface area contributed by atoms with Crippen LogP contribution >= 0.6 is 0 Å². The summed E-state index contributed by atoms with van der Waals surface area (Å²) in [6.45, 7) is 8.26. The summed E-state index contributed by atoms with van der Waals surface area (Å²) in [5.41, 5.74) is 2.26. The Hall–Kier alpha value is -1.55. The van der Waals surface area contributed by atoms with Gasteiger partial charge in [0.05, 0.1) is 6.10 Å². The van der Waals surface area contributed by atoms with Gasteiger partial charge in [-0.15, -0.1) is 0 Å². The summed E-state index contributed by atoms with van der Waals surface area (Å²) in [5, 5.41) is 0. The van der Waals surface area contributed by atoms with Crippen LogP contribution in [0.5, 0.6) is 5.75 Å². The average molecular weight is 277 g/mol. The van der Waals surface area contributed by atoms with Gasteiger partial charge in [-0.2, -0.15) is 0 Å². The molecule has 4 heteroatoms. The predicted molar refractivity (Wildman–Crippen MR) is 78.0 cm³/mol. The van der Waals surface area contributed by atoms with E-state index < -0.39 is 0 Å². The normalized spacial score (nSPS) is 19.6. The third-order valence-corrected chi connectivity index (χ3v) is 3.71. The average Bonchev–Trinajstić information content (AvgIpc) is 2.65. The number of carbonyl (C=O) groups excluding carboxylic acids is 1. The lowest BCUT2D eigenvalue weighted by Crippen LogP contribution is -2.38. The van der Waals surface area contributed by atoms with Gasteiger partial charge in [0.2, 0.25) is 0 Å². The van der Waals surface area contributed by atoms with E-state index in [1.807, 2.05) is 43.9 Å². The number of amides is 1. The van der Waals surface area contributed by atoms with Crippen molar-refractivity contribution in [3.05, 3.63) is 29.3 Å². The smallest absolute Gasteiger partial charge is 0.260 e. The number of rotatable bonds is 3. The molecule has 0 N–H and O–H groups in total. The first-order valence-corrected chi connectivity index (χ1v) is 7.16. The summed E-state index contributed by atoms with van der Waals surface area (Å²) < 4.78 is 11.2. The predicted octanol–water partition coefficient (Wildman–Crippen LogP) is 2.32. The minimum atomic E-state index is 0.0308. The molecule has 1 aromatic carbocycles. The highest BCUT2D eigenvalue weighted by Crippen LogP contribution is 2.20. The minimum absolute atomic E-state index is 0.0308. The van der Waals surface area contributed by atoms with Crippen molar-refractivity contribution in [2.45, 2.75) is 33.3 Å². The molecule has 1 fully saturated rings. The Labute approximate surface area is 120 Å². The SMILES string of the molecule is Cc1cccc(OCC(=O)N2CCCOC(C)C2)c1C. The molecule has 1 unspecified atom stereocenters. The van der Waals surface area contributed by atoms with Crippen LogP contribution < -0.4 is 4.74 Å². The molecular weight excluding hydrogens is 254 g/mol. The summed E-state index contributed by atoms with van der Waals surface area (Å²) in [4.78, 5) is 14.0. The van der Waals surface area contributed by atoms with Crippen molar-refractivity contribution in [3.8, 4) is 5.75 Å². The second-order valence-corrected chi connectivity index (χ2v) is 5.36. The van der Waals surface area contributed by atoms with Gasteiger partial charge in [-0.3, -0.25) is 4.79 Å². The molecule has 1 aromatic rings. The Morgan fingerprint density at radius 2 is 2.25 bits per heavy atom. The zero-order valence-electron chi connectivity index (χ0n) is 12.5. The van der Waals surface area contributed by atoms with Crippen LogP contribution in [0, 0.1) is 13.8 Å². The molecule has 0 aliphatic carbocycles. The fraction of sp³-hybridized carbons (Fsp3) is 0.562. The minimum Gasteiger partial charge on any atom is -0.483 e. The van der Waals surface area contributed by atoms with E-state index in [-0.39, 0.29) is 18.6 Å². The van der Waals surface area contributed by atoms with Gasteiger partial charge >= 0.3 is 0 Å². The largest absolute Gasteiger partial charge is 0.483 e. The summed E-state index contributed by atoms with van der Waals surface area (Å²) >= 11 is 0. The topological polar surface area (TPSA) is 38.8 Å². The van der Waals surface area contributed by atoms with Crippen molar-refractivity contribution in [3.63, 3.8) is 0 Å². The molecule has 1 amide bonds. The Morgan fingerprint density at radius 3 is 3.05 bits per heavy atom. The molecule has 4 nitrogen and oxygen atoms in total. The van der Waals surface area contributed by atoms with E-state index in [0.29, 0.717) is 6.54 Å².